The van der Waals surface area contributed by atoms with Crippen LogP contribution in [0.25, 0.3) is 11.8 Å². The van der Waals surface area contributed by atoms with E-state index in [0.717, 1.165) is 22.7 Å². The van der Waals surface area contributed by atoms with Crippen LogP contribution in [0.4, 0.5) is 17.1 Å². The van der Waals surface area contributed by atoms with Crippen molar-refractivity contribution in [1.82, 2.24) is 9.88 Å². The van der Waals surface area contributed by atoms with E-state index in [2.05, 4.69) is 5.32 Å². The summed E-state index contributed by atoms with van der Waals surface area (Å²) < 4.78 is 7.55. The van der Waals surface area contributed by atoms with Crippen LogP contribution in [-0.2, 0) is 9.59 Å². The van der Waals surface area contributed by atoms with Gasteiger partial charge in [-0.2, -0.15) is 0 Å². The molecule has 1 N–H and O–H groups in total. The molecule has 2 heterocycles. The van der Waals surface area contributed by atoms with Crippen molar-refractivity contribution in [2.24, 2.45) is 0 Å². The molecule has 0 saturated carbocycles. The first kappa shape index (κ1) is 30.4. The molecule has 0 atom stereocenters. The van der Waals surface area contributed by atoms with Gasteiger partial charge in [-0.15, -0.1) is 0 Å². The van der Waals surface area contributed by atoms with E-state index in [0.29, 0.717) is 27.7 Å². The lowest BCUT2D eigenvalue weighted by Crippen LogP contribution is -2.54. The molecule has 3 aromatic carbocycles. The van der Waals surface area contributed by atoms with Gasteiger partial charge in [-0.3, -0.25) is 40.0 Å². The predicted molar refractivity (Wildman–Crippen MR) is 168 cm³/mol. The average molecular weight is 652 g/mol. The highest BCUT2D eigenvalue weighted by molar-refractivity contribution is 7.80. The van der Waals surface area contributed by atoms with Crippen molar-refractivity contribution in [3.8, 4) is 17.2 Å². The van der Waals surface area contributed by atoms with Crippen molar-refractivity contribution in [1.29, 1.82) is 0 Å². The van der Waals surface area contributed by atoms with Crippen molar-refractivity contribution in [2.45, 2.75) is 13.8 Å². The molecule has 1 aliphatic rings. The summed E-state index contributed by atoms with van der Waals surface area (Å²) in [5.74, 6) is -1.18. The zero-order chi connectivity index (χ0) is 31.9. The van der Waals surface area contributed by atoms with Gasteiger partial charge in [0, 0.05) is 23.1 Å². The van der Waals surface area contributed by atoms with Crippen LogP contribution in [0.3, 0.4) is 0 Å². The fourth-order valence-corrected chi connectivity index (χ4v) is 5.21. The normalized spacial score (nSPS) is 14.1. The summed E-state index contributed by atoms with van der Waals surface area (Å²) in [6.07, 6.45) is 1.48. The molecule has 15 heteroatoms. The number of non-ortho nitro benzene ring substituents is 1. The summed E-state index contributed by atoms with van der Waals surface area (Å²) in [6.45, 7) is 3.66. The zero-order valence-electron chi connectivity index (χ0n) is 22.7. The SMILES string of the molecule is Cc1cc(/C=C2\C(=O)NC(=S)N(c3ccc(Cl)c(Cl)c3)C2=O)c(C)n1-c1ccc(Oc2ccc([N+](=O)[O-])cc2[N+](=O)[O-])cc1. The van der Waals surface area contributed by atoms with E-state index in [9.17, 15) is 29.8 Å². The third-order valence-corrected chi connectivity index (χ3v) is 7.73. The molecule has 222 valence electrons. The van der Waals surface area contributed by atoms with Gasteiger partial charge >= 0.3 is 5.69 Å². The molecule has 1 aliphatic heterocycles. The summed E-state index contributed by atoms with van der Waals surface area (Å²) in [6, 6.07) is 16.1. The number of nitro benzene ring substituents is 2. The molecule has 0 aliphatic carbocycles. The topological polar surface area (TPSA) is 150 Å². The summed E-state index contributed by atoms with van der Waals surface area (Å²) >= 11 is 17.4. The van der Waals surface area contributed by atoms with Crippen LogP contribution < -0.4 is 15.0 Å². The lowest BCUT2D eigenvalue weighted by molar-refractivity contribution is -0.394. The minimum absolute atomic E-state index is 0.0950. The monoisotopic (exact) mass is 651 g/mol. The highest BCUT2D eigenvalue weighted by Gasteiger charge is 2.35. The van der Waals surface area contributed by atoms with Gasteiger partial charge in [-0.1, -0.05) is 23.2 Å². The fourth-order valence-electron chi connectivity index (χ4n) is 4.64. The number of ether oxygens (including phenoxy) is 1. The smallest absolute Gasteiger partial charge is 0.318 e. The van der Waals surface area contributed by atoms with Crippen LogP contribution in [-0.4, -0.2) is 31.3 Å². The molecular weight excluding hydrogens is 633 g/mol. The Morgan fingerprint density at radius 2 is 1.57 bits per heavy atom. The first-order chi connectivity index (χ1) is 20.8. The Morgan fingerprint density at radius 1 is 0.886 bits per heavy atom. The van der Waals surface area contributed by atoms with Crippen LogP contribution >= 0.6 is 35.4 Å². The van der Waals surface area contributed by atoms with E-state index in [1.165, 1.54) is 24.3 Å². The largest absolute Gasteiger partial charge is 0.450 e. The second-order valence-electron chi connectivity index (χ2n) is 9.48. The fraction of sp³-hybridized carbons (Fsp3) is 0.0690. The molecule has 44 heavy (non-hydrogen) atoms. The number of hydrogen-bond donors (Lipinski definition) is 1. The number of carbonyl (C=O) groups excluding carboxylic acids is 2. The van der Waals surface area contributed by atoms with Crippen molar-refractivity contribution >= 4 is 75.5 Å². The van der Waals surface area contributed by atoms with Gasteiger partial charge in [0.05, 0.1) is 31.6 Å². The zero-order valence-corrected chi connectivity index (χ0v) is 25.1. The number of anilines is 1. The molecule has 0 unspecified atom stereocenters. The number of aromatic nitrogens is 1. The number of nitrogens with one attached hydrogen (secondary N) is 1. The Labute approximate surface area is 264 Å². The van der Waals surface area contributed by atoms with Crippen molar-refractivity contribution < 1.29 is 24.2 Å². The number of aryl methyl sites for hydroxylation is 1. The van der Waals surface area contributed by atoms with Crippen molar-refractivity contribution in [3.05, 3.63) is 120 Å². The maximum absolute atomic E-state index is 13.5. The number of hydrogen-bond acceptors (Lipinski definition) is 8. The quantitative estimate of drug-likeness (QED) is 0.0750. The molecule has 0 spiro atoms. The van der Waals surface area contributed by atoms with Gasteiger partial charge in [0.15, 0.2) is 5.11 Å². The first-order valence-electron chi connectivity index (χ1n) is 12.6. The van der Waals surface area contributed by atoms with Crippen LogP contribution in [0.5, 0.6) is 11.5 Å². The standard InChI is InChI=1S/C29H19Cl2N5O7S/c1-15-11-17(12-22-27(37)32-29(44)34(28(22)38)19-5-9-23(30)24(31)13-19)16(2)33(15)18-3-7-21(8-4-18)43-26-10-6-20(35(39)40)14-25(26)36(41)42/h3-14H,1-2H3,(H,32,37,44)/b22-12+. The van der Waals surface area contributed by atoms with Gasteiger partial charge in [0.2, 0.25) is 5.75 Å². The third kappa shape index (κ3) is 5.75. The Balaban J connectivity index is 1.43. The summed E-state index contributed by atoms with van der Waals surface area (Å²) in [5.41, 5.74) is 2.03. The summed E-state index contributed by atoms with van der Waals surface area (Å²) in [7, 11) is 0. The third-order valence-electron chi connectivity index (χ3n) is 6.71. The number of nitro groups is 2. The van der Waals surface area contributed by atoms with Crippen LogP contribution in [0.15, 0.2) is 72.3 Å². The Hall–Kier alpha value is -5.11. The highest BCUT2D eigenvalue weighted by Crippen LogP contribution is 2.35. The molecule has 1 saturated heterocycles. The minimum Gasteiger partial charge on any atom is -0.450 e. The second kappa shape index (κ2) is 11.9. The molecule has 1 aromatic heterocycles. The van der Waals surface area contributed by atoms with Crippen molar-refractivity contribution in [3.63, 3.8) is 0 Å². The average Bonchev–Trinajstić information content (AvgIpc) is 3.25. The number of amides is 2. The lowest BCUT2D eigenvalue weighted by atomic mass is 10.1. The van der Waals surface area contributed by atoms with E-state index in [4.69, 9.17) is 40.2 Å². The van der Waals surface area contributed by atoms with E-state index in [1.54, 1.807) is 30.3 Å². The number of thiocarbonyl (C=S) groups is 1. The Bertz CT molecular complexity index is 1940. The van der Waals surface area contributed by atoms with Crippen LogP contribution in [0.2, 0.25) is 10.0 Å². The minimum atomic E-state index is -0.756. The molecule has 12 nitrogen and oxygen atoms in total. The number of halogens is 2. The molecule has 4 aromatic rings. The lowest BCUT2D eigenvalue weighted by Gasteiger charge is -2.29. The van der Waals surface area contributed by atoms with E-state index < -0.39 is 33.0 Å². The Kier molecular flexibility index (Phi) is 8.19. The van der Waals surface area contributed by atoms with Crippen LogP contribution in [0, 0.1) is 34.1 Å². The molecule has 0 bridgehead atoms. The van der Waals surface area contributed by atoms with Gasteiger partial charge in [0.1, 0.15) is 11.3 Å². The molecular formula is C29H19Cl2N5O7S. The predicted octanol–water partition coefficient (Wildman–Crippen LogP) is 6.84. The number of rotatable bonds is 7. The molecule has 5 rings (SSSR count). The Morgan fingerprint density at radius 3 is 2.20 bits per heavy atom. The highest BCUT2D eigenvalue weighted by atomic mass is 35.5. The van der Waals surface area contributed by atoms with E-state index >= 15 is 0 Å². The van der Waals surface area contributed by atoms with Gasteiger partial charge in [0.25, 0.3) is 17.5 Å². The number of carbonyl (C=O) groups is 2. The van der Waals surface area contributed by atoms with Crippen molar-refractivity contribution in [2.75, 3.05) is 4.90 Å². The maximum atomic E-state index is 13.5. The second-order valence-corrected chi connectivity index (χ2v) is 10.7. The van der Waals surface area contributed by atoms with Gasteiger partial charge < -0.3 is 9.30 Å². The summed E-state index contributed by atoms with van der Waals surface area (Å²) in [5, 5.41) is 25.4. The summed E-state index contributed by atoms with van der Waals surface area (Å²) in [4.78, 5) is 48.4. The van der Waals surface area contributed by atoms with Gasteiger partial charge in [-0.05, 0) is 92.3 Å². The maximum Gasteiger partial charge on any atom is 0.318 e. The molecule has 0 radical (unpaired) electrons. The molecule has 1 fully saturated rings. The first-order valence-corrected chi connectivity index (χ1v) is 13.8. The molecule has 2 amide bonds. The van der Waals surface area contributed by atoms with E-state index in [-0.39, 0.29) is 27.2 Å². The van der Waals surface area contributed by atoms with E-state index in [1.807, 2.05) is 24.5 Å². The number of nitrogens with zero attached hydrogens (tertiary/aromatic N) is 4. The number of benzene rings is 3. The van der Waals surface area contributed by atoms with Crippen LogP contribution in [0.1, 0.15) is 17.0 Å². The van der Waals surface area contributed by atoms with Gasteiger partial charge in [-0.25, -0.2) is 0 Å².